The third kappa shape index (κ3) is 6.20. The first-order valence-electron chi connectivity index (χ1n) is 7.84. The van der Waals surface area contributed by atoms with Gasteiger partial charge in [-0.15, -0.1) is 0 Å². The van der Waals surface area contributed by atoms with Gasteiger partial charge in [0.1, 0.15) is 23.1 Å². The second-order valence-corrected chi connectivity index (χ2v) is 5.80. The predicted molar refractivity (Wildman–Crippen MR) is 99.4 cm³/mol. The predicted octanol–water partition coefficient (Wildman–Crippen LogP) is 3.06. The molecule has 3 aromatic rings. The Morgan fingerprint density at radius 2 is 1.61 bits per heavy atom. The van der Waals surface area contributed by atoms with Crippen molar-refractivity contribution in [2.75, 3.05) is 7.11 Å². The standard InChI is InChI=1S/C20H14ClFNO4.K/c1-25-20(24)13-2-7-17(8-3-13)27-23-18-12-14(21)4-11-19(18)26-16-9-5-15(22)6-10-16;/h2-12H,1H3;/q-1;+1. The molecule has 0 fully saturated rings. The number of methoxy groups -OCH3 is 1. The number of carbonyl (C=O) groups excluding carboxylic acids is 1. The summed E-state index contributed by atoms with van der Waals surface area (Å²) in [6.07, 6.45) is 0. The molecule has 5 nitrogen and oxygen atoms in total. The molecule has 0 amide bonds. The van der Waals surface area contributed by atoms with Gasteiger partial charge in [0.25, 0.3) is 0 Å². The van der Waals surface area contributed by atoms with Crippen LogP contribution in [0.25, 0.3) is 5.48 Å². The van der Waals surface area contributed by atoms with E-state index in [2.05, 4.69) is 10.2 Å². The van der Waals surface area contributed by atoms with Crippen molar-refractivity contribution in [2.24, 2.45) is 0 Å². The molecule has 3 aromatic carbocycles. The molecule has 0 heterocycles. The molecular weight excluding hydrogens is 412 g/mol. The first kappa shape index (κ1) is 22.7. The second kappa shape index (κ2) is 10.8. The zero-order chi connectivity index (χ0) is 19.2. The van der Waals surface area contributed by atoms with Gasteiger partial charge in [-0.05, 0) is 60.7 Å². The van der Waals surface area contributed by atoms with E-state index in [0.717, 1.165) is 0 Å². The van der Waals surface area contributed by atoms with E-state index in [0.29, 0.717) is 33.5 Å². The average molecular weight is 426 g/mol. The molecule has 0 aliphatic heterocycles. The summed E-state index contributed by atoms with van der Waals surface area (Å²) in [5.41, 5.74) is 4.79. The van der Waals surface area contributed by atoms with Crippen LogP contribution in [-0.2, 0) is 4.74 Å². The van der Waals surface area contributed by atoms with Crippen molar-refractivity contribution in [1.29, 1.82) is 0 Å². The van der Waals surface area contributed by atoms with Gasteiger partial charge in [-0.1, -0.05) is 23.4 Å². The number of hydrogen-bond donors (Lipinski definition) is 0. The van der Waals surface area contributed by atoms with Gasteiger partial charge in [-0.3, -0.25) is 0 Å². The summed E-state index contributed by atoms with van der Waals surface area (Å²) in [5.74, 6) is 0.440. The van der Waals surface area contributed by atoms with Crippen LogP contribution in [0.15, 0.2) is 66.7 Å². The Morgan fingerprint density at radius 3 is 2.25 bits per heavy atom. The normalized spacial score (nSPS) is 9.82. The van der Waals surface area contributed by atoms with Crippen LogP contribution in [0.2, 0.25) is 5.02 Å². The Balaban J connectivity index is 0.00000280. The zero-order valence-electron chi connectivity index (χ0n) is 15.2. The SMILES string of the molecule is COC(=O)c1ccc(O[N-]c2cc(Cl)ccc2Oc2ccc(F)cc2)cc1.[K+]. The Labute approximate surface area is 209 Å². The third-order valence-corrected chi connectivity index (χ3v) is 3.72. The number of nitrogens with zero attached hydrogens (tertiary/aromatic N) is 1. The van der Waals surface area contributed by atoms with Crippen molar-refractivity contribution in [3.05, 3.63) is 88.6 Å². The zero-order valence-corrected chi connectivity index (χ0v) is 19.1. The van der Waals surface area contributed by atoms with Gasteiger partial charge in [0.2, 0.25) is 0 Å². The van der Waals surface area contributed by atoms with Crippen LogP contribution >= 0.6 is 11.6 Å². The van der Waals surface area contributed by atoms with E-state index in [1.54, 1.807) is 42.5 Å². The Kier molecular flexibility index (Phi) is 8.75. The van der Waals surface area contributed by atoms with Crippen LogP contribution in [-0.4, -0.2) is 13.1 Å². The van der Waals surface area contributed by atoms with Crippen molar-refractivity contribution < 1.29 is 74.9 Å². The van der Waals surface area contributed by atoms with E-state index in [1.165, 1.54) is 31.4 Å². The van der Waals surface area contributed by atoms with Crippen molar-refractivity contribution in [3.63, 3.8) is 0 Å². The van der Waals surface area contributed by atoms with Crippen molar-refractivity contribution in [2.45, 2.75) is 0 Å². The number of rotatable bonds is 6. The number of ether oxygens (including phenoxy) is 2. The average Bonchev–Trinajstić information content (AvgIpc) is 2.69. The molecule has 0 N–H and O–H groups in total. The molecule has 0 aliphatic carbocycles. The molecule has 0 bridgehead atoms. The van der Waals surface area contributed by atoms with E-state index in [-0.39, 0.29) is 57.2 Å². The van der Waals surface area contributed by atoms with Crippen LogP contribution in [0.4, 0.5) is 10.1 Å². The minimum absolute atomic E-state index is 0. The smallest absolute Gasteiger partial charge is 0.557 e. The maximum atomic E-state index is 13.0. The summed E-state index contributed by atoms with van der Waals surface area (Å²) in [6.45, 7) is 0. The van der Waals surface area contributed by atoms with Crippen LogP contribution in [0.3, 0.4) is 0 Å². The number of esters is 1. The fraction of sp³-hybridized carbons (Fsp3) is 0.0500. The summed E-state index contributed by atoms with van der Waals surface area (Å²) in [4.78, 5) is 16.8. The largest absolute Gasteiger partial charge is 1.00 e. The Bertz CT molecular complexity index is 936. The molecule has 0 aromatic heterocycles. The topological polar surface area (TPSA) is 58.9 Å². The second-order valence-electron chi connectivity index (χ2n) is 5.37. The molecule has 0 saturated heterocycles. The summed E-state index contributed by atoms with van der Waals surface area (Å²) in [6, 6.07) is 16.7. The van der Waals surface area contributed by atoms with Gasteiger partial charge < -0.3 is 19.8 Å². The molecule has 0 unspecified atom stereocenters. The van der Waals surface area contributed by atoms with Crippen molar-refractivity contribution >= 4 is 23.3 Å². The molecule has 8 heteroatoms. The van der Waals surface area contributed by atoms with Gasteiger partial charge in [-0.25, -0.2) is 9.18 Å². The van der Waals surface area contributed by atoms with Crippen LogP contribution < -0.4 is 61.0 Å². The third-order valence-electron chi connectivity index (χ3n) is 3.49. The maximum absolute atomic E-state index is 13.0. The molecule has 138 valence electrons. The van der Waals surface area contributed by atoms with Gasteiger partial charge in [0.15, 0.2) is 0 Å². The fourth-order valence-corrected chi connectivity index (χ4v) is 2.32. The number of hydrogen-bond acceptors (Lipinski definition) is 4. The first-order chi connectivity index (χ1) is 13.0. The summed E-state index contributed by atoms with van der Waals surface area (Å²) >= 11 is 6.02. The summed E-state index contributed by atoms with van der Waals surface area (Å²) in [7, 11) is 1.31. The number of halogens is 2. The minimum Gasteiger partial charge on any atom is -0.557 e. The summed E-state index contributed by atoms with van der Waals surface area (Å²) < 4.78 is 23.4. The molecular formula is C20H14ClFKNO4. The van der Waals surface area contributed by atoms with Crippen LogP contribution in [0.1, 0.15) is 10.4 Å². The van der Waals surface area contributed by atoms with Crippen LogP contribution in [0.5, 0.6) is 17.2 Å². The fourth-order valence-electron chi connectivity index (χ4n) is 2.15. The van der Waals surface area contributed by atoms with Crippen molar-refractivity contribution in [1.82, 2.24) is 0 Å². The van der Waals surface area contributed by atoms with Gasteiger partial charge in [0, 0.05) is 5.02 Å². The first-order valence-corrected chi connectivity index (χ1v) is 8.22. The van der Waals surface area contributed by atoms with E-state index in [1.807, 2.05) is 0 Å². The summed E-state index contributed by atoms with van der Waals surface area (Å²) in [5, 5.41) is 0.449. The molecule has 3 rings (SSSR count). The van der Waals surface area contributed by atoms with Crippen molar-refractivity contribution in [3.8, 4) is 17.2 Å². The molecule has 0 spiro atoms. The van der Waals surface area contributed by atoms with E-state index in [4.69, 9.17) is 21.2 Å². The minimum atomic E-state index is -0.441. The monoisotopic (exact) mass is 425 g/mol. The molecule has 0 saturated carbocycles. The molecule has 0 atom stereocenters. The maximum Gasteiger partial charge on any atom is 1.00 e. The van der Waals surface area contributed by atoms with Gasteiger partial charge in [-0.2, -0.15) is 0 Å². The van der Waals surface area contributed by atoms with E-state index in [9.17, 15) is 9.18 Å². The Morgan fingerprint density at radius 1 is 0.964 bits per heavy atom. The molecule has 0 radical (unpaired) electrons. The molecule has 28 heavy (non-hydrogen) atoms. The Hall–Kier alpha value is -1.61. The number of benzene rings is 3. The van der Waals surface area contributed by atoms with Crippen LogP contribution in [0, 0.1) is 5.82 Å². The molecule has 0 aliphatic rings. The van der Waals surface area contributed by atoms with E-state index >= 15 is 0 Å². The van der Waals surface area contributed by atoms with Gasteiger partial charge >= 0.3 is 57.4 Å². The number of carbonyl (C=O) groups is 1. The quantitative estimate of drug-likeness (QED) is 0.346. The van der Waals surface area contributed by atoms with E-state index < -0.39 is 5.97 Å². The van der Waals surface area contributed by atoms with Gasteiger partial charge in [0.05, 0.1) is 12.7 Å².